The van der Waals surface area contributed by atoms with Gasteiger partial charge in [-0.2, -0.15) is 11.3 Å². The number of hydrogen-bond acceptors (Lipinski definition) is 5. The third kappa shape index (κ3) is 4.87. The highest BCUT2D eigenvalue weighted by Crippen LogP contribution is 2.23. The Morgan fingerprint density at radius 2 is 2.12 bits per heavy atom. The highest BCUT2D eigenvalue weighted by molar-refractivity contribution is 7.08. The molecule has 132 valence electrons. The van der Waals surface area contributed by atoms with Gasteiger partial charge in [0.05, 0.1) is 11.0 Å². The van der Waals surface area contributed by atoms with Crippen molar-refractivity contribution in [2.45, 2.75) is 19.4 Å². The smallest absolute Gasteiger partial charge is 0.269 e. The zero-order valence-electron chi connectivity index (χ0n) is 14.0. The molecule has 1 atom stereocenters. The van der Waals surface area contributed by atoms with Gasteiger partial charge in [0.1, 0.15) is 0 Å². The van der Waals surface area contributed by atoms with Crippen molar-refractivity contribution in [3.63, 3.8) is 0 Å². The number of carbonyl (C=O) groups is 2. The van der Waals surface area contributed by atoms with E-state index in [1.807, 2.05) is 5.38 Å². The van der Waals surface area contributed by atoms with Crippen molar-refractivity contribution in [1.29, 1.82) is 0 Å². The molecule has 25 heavy (non-hydrogen) atoms. The molecule has 0 saturated carbocycles. The minimum atomic E-state index is -0.460. The Labute approximate surface area is 149 Å². The number of nitro benzene ring substituents is 1. The predicted molar refractivity (Wildman–Crippen MR) is 95.6 cm³/mol. The lowest BCUT2D eigenvalue weighted by atomic mass is 10.1. The normalized spacial score (nSPS) is 11.6. The summed E-state index contributed by atoms with van der Waals surface area (Å²) in [5.74, 6) is -0.354. The van der Waals surface area contributed by atoms with Crippen molar-refractivity contribution in [2.75, 3.05) is 13.6 Å². The third-order valence-electron chi connectivity index (χ3n) is 3.95. The van der Waals surface area contributed by atoms with E-state index in [4.69, 9.17) is 0 Å². The van der Waals surface area contributed by atoms with Crippen molar-refractivity contribution in [3.05, 3.63) is 62.3 Å². The van der Waals surface area contributed by atoms with Gasteiger partial charge in [-0.15, -0.1) is 0 Å². The van der Waals surface area contributed by atoms with Crippen molar-refractivity contribution in [2.24, 2.45) is 0 Å². The van der Waals surface area contributed by atoms with E-state index in [1.165, 1.54) is 28.4 Å². The maximum Gasteiger partial charge on any atom is 0.269 e. The Morgan fingerprint density at radius 3 is 2.76 bits per heavy atom. The van der Waals surface area contributed by atoms with Gasteiger partial charge in [0.15, 0.2) is 0 Å². The van der Waals surface area contributed by atoms with Crippen LogP contribution in [0.1, 0.15) is 35.3 Å². The molecular formula is C17H19N3O4S. The van der Waals surface area contributed by atoms with Crippen LogP contribution in [0.3, 0.4) is 0 Å². The van der Waals surface area contributed by atoms with Gasteiger partial charge in [-0.05, 0) is 23.9 Å². The number of nitrogens with zero attached hydrogens (tertiary/aromatic N) is 2. The van der Waals surface area contributed by atoms with Gasteiger partial charge in [0, 0.05) is 43.1 Å². The first-order valence-electron chi connectivity index (χ1n) is 7.70. The number of nitrogens with one attached hydrogen (secondary N) is 1. The molecule has 0 fully saturated rings. The molecule has 8 heteroatoms. The SMILES string of the molecule is CC(c1cccc([N+](=O)[O-])c1)N(C)C(=O)CCNC(=O)c1ccsc1. The van der Waals surface area contributed by atoms with Crippen molar-refractivity contribution in [3.8, 4) is 0 Å². The molecule has 0 spiro atoms. The molecule has 1 unspecified atom stereocenters. The van der Waals surface area contributed by atoms with Crippen LogP contribution in [-0.2, 0) is 4.79 Å². The van der Waals surface area contributed by atoms with Crippen molar-refractivity contribution < 1.29 is 14.5 Å². The summed E-state index contributed by atoms with van der Waals surface area (Å²) in [4.78, 5) is 36.0. The average molecular weight is 361 g/mol. The van der Waals surface area contributed by atoms with Crippen molar-refractivity contribution >= 4 is 28.8 Å². The Balaban J connectivity index is 1.89. The highest BCUT2D eigenvalue weighted by Gasteiger charge is 2.19. The highest BCUT2D eigenvalue weighted by atomic mass is 32.1. The molecule has 0 radical (unpaired) electrons. The molecule has 2 aromatic rings. The second kappa shape index (κ2) is 8.39. The zero-order chi connectivity index (χ0) is 18.4. The molecular weight excluding hydrogens is 342 g/mol. The molecule has 7 nitrogen and oxygen atoms in total. The third-order valence-corrected chi connectivity index (χ3v) is 4.63. The van der Waals surface area contributed by atoms with Gasteiger partial charge in [-0.1, -0.05) is 12.1 Å². The molecule has 0 aliphatic carbocycles. The predicted octanol–water partition coefficient (Wildman–Crippen LogP) is 3.00. The van der Waals surface area contributed by atoms with Crippen LogP contribution < -0.4 is 5.32 Å². The molecule has 1 heterocycles. The lowest BCUT2D eigenvalue weighted by Gasteiger charge is -2.25. The lowest BCUT2D eigenvalue weighted by Crippen LogP contribution is -2.33. The second-order valence-electron chi connectivity index (χ2n) is 5.55. The van der Waals surface area contributed by atoms with Crippen LogP contribution in [0.15, 0.2) is 41.1 Å². The molecule has 0 bridgehead atoms. The average Bonchev–Trinajstić information content (AvgIpc) is 3.15. The van der Waals surface area contributed by atoms with Gasteiger partial charge in [0.2, 0.25) is 5.91 Å². The van der Waals surface area contributed by atoms with E-state index < -0.39 is 4.92 Å². The molecule has 0 aliphatic rings. The van der Waals surface area contributed by atoms with E-state index in [1.54, 1.807) is 37.6 Å². The summed E-state index contributed by atoms with van der Waals surface area (Å²) in [6.07, 6.45) is 0.158. The molecule has 1 N–H and O–H groups in total. The van der Waals surface area contributed by atoms with Gasteiger partial charge >= 0.3 is 0 Å². The molecule has 1 aromatic heterocycles. The fourth-order valence-corrected chi connectivity index (χ4v) is 2.93. The first-order chi connectivity index (χ1) is 11.9. The zero-order valence-corrected chi connectivity index (χ0v) is 14.8. The Kier molecular flexibility index (Phi) is 6.24. The number of amides is 2. The Morgan fingerprint density at radius 1 is 1.36 bits per heavy atom. The summed E-state index contributed by atoms with van der Waals surface area (Å²) in [6, 6.07) is 7.65. The Hall–Kier alpha value is -2.74. The number of carbonyl (C=O) groups excluding carboxylic acids is 2. The number of thiophene rings is 1. The number of benzene rings is 1. The minimum absolute atomic E-state index is 0.00627. The summed E-state index contributed by atoms with van der Waals surface area (Å²) in [7, 11) is 1.65. The van der Waals surface area contributed by atoms with E-state index in [0.29, 0.717) is 11.1 Å². The van der Waals surface area contributed by atoms with Crippen LogP contribution in [0.5, 0.6) is 0 Å². The van der Waals surface area contributed by atoms with Crippen LogP contribution in [0.4, 0.5) is 5.69 Å². The Bertz CT molecular complexity index is 761. The van der Waals surface area contributed by atoms with E-state index in [2.05, 4.69) is 5.32 Å². The number of non-ortho nitro benzene ring substituents is 1. The van der Waals surface area contributed by atoms with E-state index in [0.717, 1.165) is 0 Å². The van der Waals surface area contributed by atoms with E-state index in [-0.39, 0.29) is 36.5 Å². The second-order valence-corrected chi connectivity index (χ2v) is 6.33. The van der Waals surface area contributed by atoms with Gasteiger partial charge in [-0.25, -0.2) is 0 Å². The molecule has 2 amide bonds. The minimum Gasteiger partial charge on any atom is -0.351 e. The molecule has 0 aliphatic heterocycles. The molecule has 2 rings (SSSR count). The first kappa shape index (κ1) is 18.6. The lowest BCUT2D eigenvalue weighted by molar-refractivity contribution is -0.384. The van der Waals surface area contributed by atoms with Gasteiger partial charge in [-0.3, -0.25) is 19.7 Å². The summed E-state index contributed by atoms with van der Waals surface area (Å²) in [5, 5.41) is 17.1. The summed E-state index contributed by atoms with van der Waals surface area (Å²) in [6.45, 7) is 2.04. The molecule has 0 saturated heterocycles. The number of hydrogen-bond donors (Lipinski definition) is 1. The first-order valence-corrected chi connectivity index (χ1v) is 8.65. The summed E-state index contributed by atoms with van der Waals surface area (Å²) in [5.41, 5.74) is 1.26. The molecule has 1 aromatic carbocycles. The van der Waals surface area contributed by atoms with Crippen LogP contribution in [-0.4, -0.2) is 35.2 Å². The maximum absolute atomic E-state index is 12.3. The van der Waals surface area contributed by atoms with Crippen LogP contribution in [0, 0.1) is 10.1 Å². The van der Waals surface area contributed by atoms with Gasteiger partial charge < -0.3 is 10.2 Å². The monoisotopic (exact) mass is 361 g/mol. The van der Waals surface area contributed by atoms with Gasteiger partial charge in [0.25, 0.3) is 11.6 Å². The quantitative estimate of drug-likeness (QED) is 0.606. The van der Waals surface area contributed by atoms with E-state index >= 15 is 0 Å². The van der Waals surface area contributed by atoms with Crippen LogP contribution in [0.2, 0.25) is 0 Å². The number of nitro groups is 1. The summed E-state index contributed by atoms with van der Waals surface area (Å²) >= 11 is 1.43. The maximum atomic E-state index is 12.3. The van der Waals surface area contributed by atoms with Crippen LogP contribution >= 0.6 is 11.3 Å². The summed E-state index contributed by atoms with van der Waals surface area (Å²) < 4.78 is 0. The van der Waals surface area contributed by atoms with Crippen molar-refractivity contribution in [1.82, 2.24) is 10.2 Å². The topological polar surface area (TPSA) is 92.6 Å². The largest absolute Gasteiger partial charge is 0.351 e. The van der Waals surface area contributed by atoms with E-state index in [9.17, 15) is 19.7 Å². The fraction of sp³-hybridized carbons (Fsp3) is 0.294. The van der Waals surface area contributed by atoms with Crippen LogP contribution in [0.25, 0.3) is 0 Å². The number of rotatable bonds is 7. The standard InChI is InChI=1S/C17H19N3O4S/c1-12(13-4-3-5-15(10-13)20(23)24)19(2)16(21)6-8-18-17(22)14-7-9-25-11-14/h3-5,7,9-12H,6,8H2,1-2H3,(H,18,22). The fourth-order valence-electron chi connectivity index (χ4n) is 2.29.